The number of hydrogen-bond acceptors (Lipinski definition) is 5. The van der Waals surface area contributed by atoms with Crippen molar-refractivity contribution in [1.29, 1.82) is 5.26 Å². The van der Waals surface area contributed by atoms with E-state index in [0.29, 0.717) is 40.5 Å². The first-order valence-electron chi connectivity index (χ1n) is 6.32. The van der Waals surface area contributed by atoms with E-state index < -0.39 is 0 Å². The van der Waals surface area contributed by atoms with Gasteiger partial charge in [0.15, 0.2) is 11.5 Å². The number of allylic oxidation sites excluding steroid dienone is 1. The minimum atomic E-state index is 0.409. The van der Waals surface area contributed by atoms with E-state index in [4.69, 9.17) is 19.9 Å². The molecule has 0 aliphatic heterocycles. The Kier molecular flexibility index (Phi) is 5.73. The Labute approximate surface area is 119 Å². The molecule has 0 aliphatic carbocycles. The van der Waals surface area contributed by atoms with Crippen LogP contribution in [0.15, 0.2) is 17.7 Å². The van der Waals surface area contributed by atoms with Gasteiger partial charge in [0.25, 0.3) is 0 Å². The lowest BCUT2D eigenvalue weighted by Gasteiger charge is -2.16. The first-order valence-corrected chi connectivity index (χ1v) is 6.32. The number of methoxy groups -OCH3 is 3. The molecule has 0 aliphatic rings. The van der Waals surface area contributed by atoms with Crippen LogP contribution in [0.25, 0.3) is 5.70 Å². The zero-order chi connectivity index (χ0) is 15.1. The Morgan fingerprint density at radius 1 is 1.15 bits per heavy atom. The van der Waals surface area contributed by atoms with Gasteiger partial charge in [0.05, 0.1) is 38.7 Å². The Morgan fingerprint density at radius 2 is 1.80 bits per heavy atom. The fourth-order valence-electron chi connectivity index (χ4n) is 1.98. The second kappa shape index (κ2) is 7.29. The van der Waals surface area contributed by atoms with Crippen molar-refractivity contribution in [3.63, 3.8) is 0 Å². The highest BCUT2D eigenvalue weighted by molar-refractivity contribution is 5.77. The van der Waals surface area contributed by atoms with Gasteiger partial charge in [-0.05, 0) is 18.6 Å². The van der Waals surface area contributed by atoms with Crippen LogP contribution in [0.4, 0.5) is 0 Å². The average molecular weight is 276 g/mol. The molecule has 20 heavy (non-hydrogen) atoms. The summed E-state index contributed by atoms with van der Waals surface area (Å²) in [5.74, 6) is 1.48. The maximum atomic E-state index is 9.20. The molecule has 0 fully saturated rings. The smallest absolute Gasteiger partial charge is 0.203 e. The molecular formula is C15H20N2O3. The number of ether oxygens (including phenoxy) is 3. The third-order valence-corrected chi connectivity index (χ3v) is 2.95. The molecule has 1 aromatic rings. The molecular weight excluding hydrogens is 256 g/mol. The Bertz CT molecular complexity index is 545. The monoisotopic (exact) mass is 276 g/mol. The third-order valence-electron chi connectivity index (χ3n) is 2.95. The van der Waals surface area contributed by atoms with E-state index in [1.165, 1.54) is 14.2 Å². The highest BCUT2D eigenvalue weighted by Gasteiger charge is 2.18. The van der Waals surface area contributed by atoms with Crippen molar-refractivity contribution < 1.29 is 14.2 Å². The second-order valence-electron chi connectivity index (χ2n) is 4.14. The van der Waals surface area contributed by atoms with Crippen molar-refractivity contribution in [3.05, 3.63) is 23.3 Å². The zero-order valence-corrected chi connectivity index (χ0v) is 12.3. The van der Waals surface area contributed by atoms with Gasteiger partial charge in [-0.1, -0.05) is 13.3 Å². The molecule has 1 aromatic carbocycles. The van der Waals surface area contributed by atoms with Gasteiger partial charge in [-0.3, -0.25) is 0 Å². The summed E-state index contributed by atoms with van der Waals surface area (Å²) >= 11 is 0. The lowest BCUT2D eigenvalue weighted by atomic mass is 10.0. The number of benzene rings is 1. The van der Waals surface area contributed by atoms with E-state index in [-0.39, 0.29) is 0 Å². The van der Waals surface area contributed by atoms with Gasteiger partial charge in [0.2, 0.25) is 5.75 Å². The first kappa shape index (κ1) is 15.7. The van der Waals surface area contributed by atoms with Gasteiger partial charge in [-0.25, -0.2) is 0 Å². The van der Waals surface area contributed by atoms with Crippen molar-refractivity contribution in [1.82, 2.24) is 0 Å². The summed E-state index contributed by atoms with van der Waals surface area (Å²) in [4.78, 5) is 0. The normalized spacial score (nSPS) is 11.3. The lowest BCUT2D eigenvalue weighted by Crippen LogP contribution is -2.05. The standard InChI is InChI=1S/C15H20N2O3/c1-5-6-10(9-16)13(17)11-7-8-12(18-2)15(20-4)14(11)19-3/h7-8H,5-6,17H2,1-4H3/b13-10-. The quantitative estimate of drug-likeness (QED) is 0.808. The number of nitrogens with two attached hydrogens (primary N) is 1. The molecule has 0 bridgehead atoms. The second-order valence-corrected chi connectivity index (χ2v) is 4.14. The van der Waals surface area contributed by atoms with Crippen LogP contribution in [-0.2, 0) is 0 Å². The van der Waals surface area contributed by atoms with Crippen molar-refractivity contribution in [2.45, 2.75) is 19.8 Å². The molecule has 1 rings (SSSR count). The van der Waals surface area contributed by atoms with Gasteiger partial charge in [-0.15, -0.1) is 0 Å². The first-order chi connectivity index (χ1) is 9.64. The molecule has 0 aromatic heterocycles. The molecule has 0 unspecified atom stereocenters. The minimum Gasteiger partial charge on any atom is -0.493 e. The highest BCUT2D eigenvalue weighted by atomic mass is 16.5. The molecule has 0 saturated heterocycles. The zero-order valence-electron chi connectivity index (χ0n) is 12.3. The highest BCUT2D eigenvalue weighted by Crippen LogP contribution is 2.42. The number of nitriles is 1. The van der Waals surface area contributed by atoms with Crippen LogP contribution in [-0.4, -0.2) is 21.3 Å². The summed E-state index contributed by atoms with van der Waals surface area (Å²) in [6, 6.07) is 5.65. The molecule has 108 valence electrons. The molecule has 0 radical (unpaired) electrons. The van der Waals surface area contributed by atoms with Gasteiger partial charge < -0.3 is 19.9 Å². The van der Waals surface area contributed by atoms with E-state index in [1.54, 1.807) is 19.2 Å². The SMILES string of the molecule is CCC/C(C#N)=C(/N)c1ccc(OC)c(OC)c1OC. The Balaban J connectivity index is 3.50. The van der Waals surface area contributed by atoms with Crippen LogP contribution in [0, 0.1) is 11.3 Å². The molecule has 2 N–H and O–H groups in total. The van der Waals surface area contributed by atoms with Crippen molar-refractivity contribution in [2.75, 3.05) is 21.3 Å². The summed E-state index contributed by atoms with van der Waals surface area (Å²) in [5.41, 5.74) is 7.69. The van der Waals surface area contributed by atoms with Gasteiger partial charge in [0.1, 0.15) is 0 Å². The van der Waals surface area contributed by atoms with Crippen molar-refractivity contribution >= 4 is 5.70 Å². The molecule has 0 atom stereocenters. The van der Waals surface area contributed by atoms with Crippen LogP contribution in [0.1, 0.15) is 25.3 Å². The van der Waals surface area contributed by atoms with Crippen molar-refractivity contribution in [2.24, 2.45) is 5.73 Å². The number of rotatable bonds is 6. The van der Waals surface area contributed by atoms with Crippen molar-refractivity contribution in [3.8, 4) is 23.3 Å². The fraction of sp³-hybridized carbons (Fsp3) is 0.400. The van der Waals surface area contributed by atoms with Gasteiger partial charge >= 0.3 is 0 Å². The fourth-order valence-corrected chi connectivity index (χ4v) is 1.98. The molecule has 5 heteroatoms. The Morgan fingerprint density at radius 3 is 2.25 bits per heavy atom. The molecule has 0 amide bonds. The van der Waals surface area contributed by atoms with E-state index in [1.807, 2.05) is 6.92 Å². The summed E-state index contributed by atoms with van der Waals surface area (Å²) < 4.78 is 15.9. The average Bonchev–Trinajstić information content (AvgIpc) is 2.49. The maximum Gasteiger partial charge on any atom is 0.203 e. The topological polar surface area (TPSA) is 77.5 Å². The number of nitrogens with zero attached hydrogens (tertiary/aromatic N) is 1. The summed E-state index contributed by atoms with van der Waals surface area (Å²) in [7, 11) is 4.61. The predicted octanol–water partition coefficient (Wildman–Crippen LogP) is 2.71. The van der Waals surface area contributed by atoms with E-state index in [2.05, 4.69) is 6.07 Å². The molecule has 0 heterocycles. The van der Waals surface area contributed by atoms with Crippen LogP contribution < -0.4 is 19.9 Å². The van der Waals surface area contributed by atoms with Crippen LogP contribution in [0.3, 0.4) is 0 Å². The Hall–Kier alpha value is -2.35. The van der Waals surface area contributed by atoms with E-state index >= 15 is 0 Å². The third kappa shape index (κ3) is 2.97. The van der Waals surface area contributed by atoms with Crippen LogP contribution >= 0.6 is 0 Å². The molecule has 0 saturated carbocycles. The van der Waals surface area contributed by atoms with E-state index in [9.17, 15) is 5.26 Å². The summed E-state index contributed by atoms with van der Waals surface area (Å²) in [6.45, 7) is 2.00. The largest absolute Gasteiger partial charge is 0.493 e. The lowest BCUT2D eigenvalue weighted by molar-refractivity contribution is 0.324. The summed E-state index contributed by atoms with van der Waals surface area (Å²) in [6.07, 6.45) is 1.47. The van der Waals surface area contributed by atoms with Crippen LogP contribution in [0.5, 0.6) is 17.2 Å². The molecule has 5 nitrogen and oxygen atoms in total. The minimum absolute atomic E-state index is 0.409. The number of hydrogen-bond donors (Lipinski definition) is 1. The molecule has 0 spiro atoms. The van der Waals surface area contributed by atoms with Gasteiger partial charge in [0, 0.05) is 5.56 Å². The van der Waals surface area contributed by atoms with Gasteiger partial charge in [-0.2, -0.15) is 5.26 Å². The maximum absolute atomic E-state index is 9.20. The summed E-state index contributed by atoms with van der Waals surface area (Å²) in [5, 5.41) is 9.20. The van der Waals surface area contributed by atoms with E-state index in [0.717, 1.165) is 6.42 Å². The van der Waals surface area contributed by atoms with Crippen LogP contribution in [0.2, 0.25) is 0 Å². The predicted molar refractivity (Wildman–Crippen MR) is 77.7 cm³/mol.